The minimum absolute atomic E-state index is 0.155. The van der Waals surface area contributed by atoms with Crippen LogP contribution in [-0.2, 0) is 9.84 Å². The Bertz CT molecular complexity index is 304. The first-order valence-electron chi connectivity index (χ1n) is 7.14. The van der Waals surface area contributed by atoms with Crippen molar-refractivity contribution in [1.82, 2.24) is 5.32 Å². The van der Waals surface area contributed by atoms with Crippen molar-refractivity contribution in [3.63, 3.8) is 0 Å². The van der Waals surface area contributed by atoms with E-state index in [1.807, 2.05) is 6.92 Å². The van der Waals surface area contributed by atoms with Crippen molar-refractivity contribution in [3.05, 3.63) is 0 Å². The average molecular weight is 277 g/mol. The fraction of sp³-hybridized carbons (Fsp3) is 1.00. The number of sulfone groups is 1. The SMILES string of the molecule is CCCNCC(CCS(=O)(=O)CCC)C(C)(C)C. The molecule has 0 aliphatic carbocycles. The molecule has 0 bridgehead atoms. The van der Waals surface area contributed by atoms with Gasteiger partial charge in [0, 0.05) is 5.75 Å². The summed E-state index contributed by atoms with van der Waals surface area (Å²) >= 11 is 0. The van der Waals surface area contributed by atoms with Crippen molar-refractivity contribution < 1.29 is 8.42 Å². The van der Waals surface area contributed by atoms with Crippen molar-refractivity contribution >= 4 is 9.84 Å². The van der Waals surface area contributed by atoms with E-state index < -0.39 is 9.84 Å². The molecule has 0 amide bonds. The third-order valence-electron chi connectivity index (χ3n) is 3.33. The molecule has 0 spiro atoms. The van der Waals surface area contributed by atoms with Gasteiger partial charge in [-0.25, -0.2) is 8.42 Å². The van der Waals surface area contributed by atoms with Crippen LogP contribution in [0.3, 0.4) is 0 Å². The maximum absolute atomic E-state index is 11.8. The first kappa shape index (κ1) is 17.9. The zero-order valence-corrected chi connectivity index (χ0v) is 13.6. The third kappa shape index (κ3) is 8.09. The van der Waals surface area contributed by atoms with E-state index in [1.54, 1.807) is 0 Å². The molecular formula is C14H31NO2S. The Balaban J connectivity index is 4.34. The monoisotopic (exact) mass is 277 g/mol. The minimum Gasteiger partial charge on any atom is -0.316 e. The predicted molar refractivity (Wildman–Crippen MR) is 79.7 cm³/mol. The lowest BCUT2D eigenvalue weighted by Gasteiger charge is -2.31. The van der Waals surface area contributed by atoms with Crippen molar-refractivity contribution in [2.45, 2.75) is 53.9 Å². The lowest BCUT2D eigenvalue weighted by atomic mass is 9.79. The summed E-state index contributed by atoms with van der Waals surface area (Å²) < 4.78 is 23.5. The molecule has 110 valence electrons. The zero-order valence-electron chi connectivity index (χ0n) is 12.8. The van der Waals surface area contributed by atoms with E-state index in [-0.39, 0.29) is 5.41 Å². The Morgan fingerprint density at radius 1 is 1.06 bits per heavy atom. The molecule has 0 radical (unpaired) electrons. The van der Waals surface area contributed by atoms with Gasteiger partial charge in [0.25, 0.3) is 0 Å². The molecule has 0 aromatic rings. The lowest BCUT2D eigenvalue weighted by Crippen LogP contribution is -2.33. The number of rotatable bonds is 9. The Labute approximate surface area is 114 Å². The molecule has 3 nitrogen and oxygen atoms in total. The van der Waals surface area contributed by atoms with Crippen LogP contribution < -0.4 is 5.32 Å². The zero-order chi connectivity index (χ0) is 14.2. The van der Waals surface area contributed by atoms with Gasteiger partial charge in [-0.05, 0) is 43.7 Å². The van der Waals surface area contributed by atoms with E-state index in [0.717, 1.165) is 32.4 Å². The van der Waals surface area contributed by atoms with Gasteiger partial charge in [-0.2, -0.15) is 0 Å². The minimum atomic E-state index is -2.85. The van der Waals surface area contributed by atoms with E-state index in [2.05, 4.69) is 33.0 Å². The van der Waals surface area contributed by atoms with Crippen molar-refractivity contribution in [2.75, 3.05) is 24.6 Å². The number of hydrogen-bond donors (Lipinski definition) is 1. The number of hydrogen-bond acceptors (Lipinski definition) is 3. The molecule has 0 saturated carbocycles. The van der Waals surface area contributed by atoms with Crippen LogP contribution in [0.1, 0.15) is 53.9 Å². The third-order valence-corrected chi connectivity index (χ3v) is 5.22. The highest BCUT2D eigenvalue weighted by molar-refractivity contribution is 7.91. The Hall–Kier alpha value is -0.0900. The molecule has 1 atom stereocenters. The Morgan fingerprint density at radius 2 is 1.67 bits per heavy atom. The summed E-state index contributed by atoms with van der Waals surface area (Å²) in [5.41, 5.74) is 0.155. The van der Waals surface area contributed by atoms with Crippen LogP contribution in [0, 0.1) is 11.3 Å². The van der Waals surface area contributed by atoms with Crippen molar-refractivity contribution in [2.24, 2.45) is 11.3 Å². The second-order valence-electron chi connectivity index (χ2n) is 6.21. The van der Waals surface area contributed by atoms with E-state index in [4.69, 9.17) is 0 Å². The predicted octanol–water partition coefficient (Wildman–Crippen LogP) is 2.86. The average Bonchev–Trinajstić information content (AvgIpc) is 2.21. The molecule has 0 aromatic carbocycles. The van der Waals surface area contributed by atoms with Crippen molar-refractivity contribution in [1.29, 1.82) is 0 Å². The second-order valence-corrected chi connectivity index (χ2v) is 8.51. The summed E-state index contributed by atoms with van der Waals surface area (Å²) in [6.45, 7) is 12.6. The summed E-state index contributed by atoms with van der Waals surface area (Å²) in [5.74, 6) is 1.07. The molecular weight excluding hydrogens is 246 g/mol. The maximum atomic E-state index is 11.8. The van der Waals surface area contributed by atoms with Crippen LogP contribution in [0.4, 0.5) is 0 Å². The molecule has 0 heterocycles. The quantitative estimate of drug-likeness (QED) is 0.659. The van der Waals surface area contributed by atoms with Crippen LogP contribution in [-0.4, -0.2) is 33.0 Å². The van der Waals surface area contributed by atoms with Gasteiger partial charge < -0.3 is 5.32 Å². The van der Waals surface area contributed by atoms with Gasteiger partial charge in [0.1, 0.15) is 9.84 Å². The second kappa shape index (κ2) is 8.16. The van der Waals surface area contributed by atoms with Crippen LogP contribution in [0.5, 0.6) is 0 Å². The fourth-order valence-corrected chi connectivity index (χ4v) is 3.50. The van der Waals surface area contributed by atoms with Gasteiger partial charge >= 0.3 is 0 Å². The molecule has 18 heavy (non-hydrogen) atoms. The van der Waals surface area contributed by atoms with Crippen LogP contribution in [0.15, 0.2) is 0 Å². The standard InChI is InChI=1S/C14H31NO2S/c1-6-9-15-12-13(14(3,4)5)8-11-18(16,17)10-7-2/h13,15H,6-12H2,1-5H3. The summed E-state index contributed by atoms with van der Waals surface area (Å²) in [6.07, 6.45) is 2.60. The molecule has 4 heteroatoms. The van der Waals surface area contributed by atoms with E-state index in [0.29, 0.717) is 17.4 Å². The highest BCUT2D eigenvalue weighted by Crippen LogP contribution is 2.28. The molecule has 0 fully saturated rings. The topological polar surface area (TPSA) is 46.2 Å². The van der Waals surface area contributed by atoms with Gasteiger partial charge in [0.2, 0.25) is 0 Å². The Kier molecular flexibility index (Phi) is 8.11. The highest BCUT2D eigenvalue weighted by Gasteiger charge is 2.25. The van der Waals surface area contributed by atoms with Gasteiger partial charge in [-0.3, -0.25) is 0 Å². The largest absolute Gasteiger partial charge is 0.316 e. The first-order chi connectivity index (χ1) is 8.23. The maximum Gasteiger partial charge on any atom is 0.150 e. The normalized spacial score (nSPS) is 14.7. The summed E-state index contributed by atoms with van der Waals surface area (Å²) in [6, 6.07) is 0. The van der Waals surface area contributed by atoms with Crippen LogP contribution in [0.2, 0.25) is 0 Å². The van der Waals surface area contributed by atoms with Crippen molar-refractivity contribution in [3.8, 4) is 0 Å². The summed E-state index contributed by atoms with van der Waals surface area (Å²) in [7, 11) is -2.85. The van der Waals surface area contributed by atoms with Crippen LogP contribution >= 0.6 is 0 Å². The molecule has 1 N–H and O–H groups in total. The van der Waals surface area contributed by atoms with Gasteiger partial charge in [0.05, 0.1) is 5.75 Å². The fourth-order valence-electron chi connectivity index (χ4n) is 2.03. The first-order valence-corrected chi connectivity index (χ1v) is 8.96. The number of nitrogens with one attached hydrogen (secondary N) is 1. The smallest absolute Gasteiger partial charge is 0.150 e. The Morgan fingerprint density at radius 3 is 2.11 bits per heavy atom. The molecule has 0 aliphatic rings. The molecule has 0 aromatic heterocycles. The summed E-state index contributed by atoms with van der Waals surface area (Å²) in [4.78, 5) is 0. The van der Waals surface area contributed by atoms with Crippen LogP contribution in [0.25, 0.3) is 0 Å². The van der Waals surface area contributed by atoms with E-state index in [1.165, 1.54) is 0 Å². The molecule has 0 rings (SSSR count). The highest BCUT2D eigenvalue weighted by atomic mass is 32.2. The molecule has 1 unspecified atom stereocenters. The lowest BCUT2D eigenvalue weighted by molar-refractivity contribution is 0.226. The summed E-state index contributed by atoms with van der Waals surface area (Å²) in [5, 5.41) is 3.42. The van der Waals surface area contributed by atoms with Gasteiger partial charge in [-0.15, -0.1) is 0 Å². The van der Waals surface area contributed by atoms with Gasteiger partial charge in [0.15, 0.2) is 0 Å². The van der Waals surface area contributed by atoms with Gasteiger partial charge in [-0.1, -0.05) is 34.6 Å². The molecule has 0 aliphatic heterocycles. The van der Waals surface area contributed by atoms with E-state index in [9.17, 15) is 8.42 Å². The molecule has 0 saturated heterocycles. The van der Waals surface area contributed by atoms with E-state index >= 15 is 0 Å².